The fourth-order valence-corrected chi connectivity index (χ4v) is 2.32. The zero-order chi connectivity index (χ0) is 20.7. The highest BCUT2D eigenvalue weighted by Crippen LogP contribution is 2.22. The number of aliphatic carboxylic acids is 2. The lowest BCUT2D eigenvalue weighted by Gasteiger charge is -2.07. The lowest BCUT2D eigenvalue weighted by atomic mass is 10.00. The molecule has 0 saturated carbocycles. The molecule has 0 aromatic heterocycles. The van der Waals surface area contributed by atoms with Gasteiger partial charge in [-0.15, -0.1) is 0 Å². The number of hydrogen-bond acceptors (Lipinski definition) is 4. The van der Waals surface area contributed by atoms with Crippen molar-refractivity contribution in [3.63, 3.8) is 0 Å². The van der Waals surface area contributed by atoms with Gasteiger partial charge in [-0.2, -0.15) is 0 Å². The molecule has 0 spiro atoms. The van der Waals surface area contributed by atoms with Crippen molar-refractivity contribution in [3.05, 3.63) is 53.5 Å². The summed E-state index contributed by atoms with van der Waals surface area (Å²) in [6, 6.07) is 9.08. The predicted molar refractivity (Wildman–Crippen MR) is 106 cm³/mol. The van der Waals surface area contributed by atoms with E-state index >= 15 is 0 Å². The maximum Gasteiger partial charge on any atom is 0.371 e. The van der Waals surface area contributed by atoms with E-state index in [4.69, 9.17) is 15.3 Å². The molecule has 0 aliphatic rings. The van der Waals surface area contributed by atoms with Gasteiger partial charge in [-0.25, -0.2) is 9.59 Å². The first-order valence-electron chi connectivity index (χ1n) is 9.18. The fraction of sp³-hybridized carbons (Fsp3) is 0.429. The Bertz CT molecular complexity index is 631. The summed E-state index contributed by atoms with van der Waals surface area (Å²) in [6.45, 7) is 4.06. The SMILES string of the molecule is CCCC(=C(O)C(=O)O)c1ccccc1.CCCCCCC=C(O)C(=O)O. The van der Waals surface area contributed by atoms with E-state index in [0.29, 0.717) is 18.4 Å². The van der Waals surface area contributed by atoms with Crippen LogP contribution >= 0.6 is 0 Å². The number of allylic oxidation sites excluding steroid dienone is 2. The molecule has 0 atom stereocenters. The van der Waals surface area contributed by atoms with E-state index in [1.165, 1.54) is 12.5 Å². The quantitative estimate of drug-likeness (QED) is 0.249. The number of unbranched alkanes of at least 4 members (excludes halogenated alkanes) is 4. The Kier molecular flexibility index (Phi) is 12.9. The number of hydrogen-bond donors (Lipinski definition) is 4. The molecule has 0 amide bonds. The van der Waals surface area contributed by atoms with Crippen molar-refractivity contribution in [2.45, 2.75) is 58.8 Å². The van der Waals surface area contributed by atoms with Crippen molar-refractivity contribution in [2.24, 2.45) is 0 Å². The molecule has 6 nitrogen and oxygen atoms in total. The van der Waals surface area contributed by atoms with Crippen LogP contribution in [0.2, 0.25) is 0 Å². The molecule has 150 valence electrons. The normalized spacial score (nSPS) is 11.9. The molecule has 27 heavy (non-hydrogen) atoms. The van der Waals surface area contributed by atoms with Gasteiger partial charge < -0.3 is 20.4 Å². The van der Waals surface area contributed by atoms with Gasteiger partial charge >= 0.3 is 11.9 Å². The Hall–Kier alpha value is -2.76. The summed E-state index contributed by atoms with van der Waals surface area (Å²) in [6.07, 6.45) is 7.74. The molecule has 0 aliphatic heterocycles. The van der Waals surface area contributed by atoms with Gasteiger partial charge in [0.15, 0.2) is 5.76 Å². The van der Waals surface area contributed by atoms with Crippen molar-refractivity contribution >= 4 is 17.5 Å². The van der Waals surface area contributed by atoms with Crippen LogP contribution in [0.5, 0.6) is 0 Å². The predicted octanol–water partition coefficient (Wildman–Crippen LogP) is 5.32. The molecule has 0 unspecified atom stereocenters. The monoisotopic (exact) mass is 378 g/mol. The standard InChI is InChI=1S/C12H14O3.C9H16O3/c1-2-6-10(11(13)12(14)15)9-7-4-3-5-8-9;1-2-3-4-5-6-7-8(10)9(11)12/h3-5,7-8,13H,2,6H2,1H3,(H,14,15);7,10H,2-6H2,1H3,(H,11,12). The number of carboxylic acids is 2. The number of aliphatic hydroxyl groups is 2. The Balaban J connectivity index is 0.000000516. The number of carboxylic acid groups (broad SMARTS) is 2. The number of carbonyl (C=O) groups is 2. The second kappa shape index (κ2) is 14.4. The molecule has 0 aliphatic carbocycles. The summed E-state index contributed by atoms with van der Waals surface area (Å²) < 4.78 is 0. The van der Waals surface area contributed by atoms with Crippen LogP contribution in [0.15, 0.2) is 47.9 Å². The molecule has 0 bridgehead atoms. The zero-order valence-electron chi connectivity index (χ0n) is 16.0. The maximum absolute atomic E-state index is 10.7. The highest BCUT2D eigenvalue weighted by molar-refractivity contribution is 5.93. The minimum absolute atomic E-state index is 0.491. The Morgan fingerprint density at radius 3 is 1.96 bits per heavy atom. The van der Waals surface area contributed by atoms with E-state index in [1.54, 1.807) is 12.1 Å². The van der Waals surface area contributed by atoms with E-state index in [1.807, 2.05) is 25.1 Å². The molecule has 0 heterocycles. The van der Waals surface area contributed by atoms with Crippen LogP contribution in [0.1, 0.15) is 64.4 Å². The first-order valence-corrected chi connectivity index (χ1v) is 9.18. The molecule has 1 rings (SSSR count). The van der Waals surface area contributed by atoms with Crippen molar-refractivity contribution in [1.82, 2.24) is 0 Å². The average Bonchev–Trinajstić information content (AvgIpc) is 2.66. The van der Waals surface area contributed by atoms with E-state index in [-0.39, 0.29) is 0 Å². The molecule has 1 aromatic rings. The van der Waals surface area contributed by atoms with Crippen LogP contribution in [0.4, 0.5) is 0 Å². The van der Waals surface area contributed by atoms with Gasteiger partial charge in [0.05, 0.1) is 0 Å². The minimum atomic E-state index is -1.28. The highest BCUT2D eigenvalue weighted by Gasteiger charge is 2.13. The fourth-order valence-electron chi connectivity index (χ4n) is 2.32. The van der Waals surface area contributed by atoms with Gasteiger partial charge in [0.25, 0.3) is 0 Å². The zero-order valence-corrected chi connectivity index (χ0v) is 16.0. The largest absolute Gasteiger partial charge is 0.502 e. The third-order valence-corrected chi connectivity index (χ3v) is 3.73. The van der Waals surface area contributed by atoms with Gasteiger partial charge in [0, 0.05) is 5.57 Å². The van der Waals surface area contributed by atoms with Gasteiger partial charge in [0.2, 0.25) is 5.76 Å². The number of rotatable bonds is 10. The summed E-state index contributed by atoms with van der Waals surface area (Å²) >= 11 is 0. The second-order valence-corrected chi connectivity index (χ2v) is 5.99. The van der Waals surface area contributed by atoms with Crippen molar-refractivity contribution < 1.29 is 30.0 Å². The van der Waals surface area contributed by atoms with Gasteiger partial charge in [0.1, 0.15) is 0 Å². The molecule has 4 N–H and O–H groups in total. The first kappa shape index (κ1) is 24.2. The van der Waals surface area contributed by atoms with Crippen LogP contribution in [0.25, 0.3) is 5.57 Å². The van der Waals surface area contributed by atoms with Gasteiger partial charge in [-0.3, -0.25) is 0 Å². The molecule has 0 fully saturated rings. The average molecular weight is 378 g/mol. The van der Waals surface area contributed by atoms with Gasteiger partial charge in [-0.1, -0.05) is 69.9 Å². The summed E-state index contributed by atoms with van der Waals surface area (Å²) in [5.74, 6) is -3.61. The van der Waals surface area contributed by atoms with Crippen LogP contribution in [-0.2, 0) is 9.59 Å². The maximum atomic E-state index is 10.7. The lowest BCUT2D eigenvalue weighted by Crippen LogP contribution is -2.03. The van der Waals surface area contributed by atoms with E-state index in [2.05, 4.69) is 6.92 Å². The van der Waals surface area contributed by atoms with Crippen molar-refractivity contribution in [3.8, 4) is 0 Å². The second-order valence-electron chi connectivity index (χ2n) is 5.99. The molecular weight excluding hydrogens is 348 g/mol. The minimum Gasteiger partial charge on any atom is -0.502 e. The van der Waals surface area contributed by atoms with E-state index in [0.717, 1.165) is 31.2 Å². The topological polar surface area (TPSA) is 115 Å². The molecule has 0 radical (unpaired) electrons. The summed E-state index contributed by atoms with van der Waals surface area (Å²) in [5.41, 5.74) is 1.25. The first-order chi connectivity index (χ1) is 12.8. The Morgan fingerprint density at radius 2 is 1.48 bits per heavy atom. The third-order valence-electron chi connectivity index (χ3n) is 3.73. The summed E-state index contributed by atoms with van der Waals surface area (Å²) in [5, 5.41) is 35.2. The molecule has 1 aromatic carbocycles. The Labute approximate surface area is 160 Å². The lowest BCUT2D eigenvalue weighted by molar-refractivity contribution is -0.136. The van der Waals surface area contributed by atoms with Crippen molar-refractivity contribution in [1.29, 1.82) is 0 Å². The van der Waals surface area contributed by atoms with Crippen LogP contribution < -0.4 is 0 Å². The van der Waals surface area contributed by atoms with Crippen LogP contribution in [0, 0.1) is 0 Å². The highest BCUT2D eigenvalue weighted by atomic mass is 16.4. The van der Waals surface area contributed by atoms with Crippen molar-refractivity contribution in [2.75, 3.05) is 0 Å². The van der Waals surface area contributed by atoms with Gasteiger partial charge in [-0.05, 0) is 30.9 Å². The summed E-state index contributed by atoms with van der Waals surface area (Å²) in [4.78, 5) is 20.8. The van der Waals surface area contributed by atoms with Crippen LogP contribution in [-0.4, -0.2) is 32.4 Å². The molecular formula is C21H30O6. The molecule has 0 saturated heterocycles. The summed E-state index contributed by atoms with van der Waals surface area (Å²) in [7, 11) is 0. The number of aliphatic hydroxyl groups excluding tert-OH is 2. The van der Waals surface area contributed by atoms with E-state index in [9.17, 15) is 14.7 Å². The molecule has 6 heteroatoms. The third kappa shape index (κ3) is 10.7. The smallest absolute Gasteiger partial charge is 0.371 e. The van der Waals surface area contributed by atoms with Crippen LogP contribution in [0.3, 0.4) is 0 Å². The number of benzene rings is 1. The van der Waals surface area contributed by atoms with E-state index < -0.39 is 23.5 Å². The Morgan fingerprint density at radius 1 is 0.852 bits per heavy atom.